The van der Waals surface area contributed by atoms with Crippen molar-refractivity contribution in [2.45, 2.75) is 25.3 Å². The van der Waals surface area contributed by atoms with Crippen molar-refractivity contribution in [3.8, 4) is 0 Å². The van der Waals surface area contributed by atoms with E-state index in [-0.39, 0.29) is 30.3 Å². The highest BCUT2D eigenvalue weighted by Gasteiger charge is 2.18. The third kappa shape index (κ3) is 4.38. The van der Waals surface area contributed by atoms with Gasteiger partial charge in [0.25, 0.3) is 0 Å². The summed E-state index contributed by atoms with van der Waals surface area (Å²) in [5.74, 6) is 2.20. The van der Waals surface area contributed by atoms with Crippen LogP contribution in [-0.2, 0) is 16.0 Å². The fraction of sp³-hybridized carbons (Fsp3) is 0.467. The Morgan fingerprint density at radius 3 is 3.00 bits per heavy atom. The van der Waals surface area contributed by atoms with Gasteiger partial charge in [0.2, 0.25) is 11.8 Å². The molecule has 120 valence electrons. The highest BCUT2D eigenvalue weighted by atomic mass is 35.5. The molecule has 2 aliphatic heterocycles. The maximum absolute atomic E-state index is 12.1. The van der Waals surface area contributed by atoms with Crippen LogP contribution in [0.15, 0.2) is 18.2 Å². The molecule has 1 fully saturated rings. The lowest BCUT2D eigenvalue weighted by Crippen LogP contribution is -2.39. The number of nitrogens with one attached hydrogen (secondary N) is 3. The summed E-state index contributed by atoms with van der Waals surface area (Å²) in [6.45, 7) is 0.973. The molecule has 3 N–H and O–H groups in total. The Kier molecular flexibility index (Phi) is 6.11. The third-order valence-electron chi connectivity index (χ3n) is 3.71. The quantitative estimate of drug-likeness (QED) is 0.786. The Morgan fingerprint density at radius 1 is 1.36 bits per heavy atom. The van der Waals surface area contributed by atoms with Crippen LogP contribution in [0.25, 0.3) is 0 Å². The van der Waals surface area contributed by atoms with Gasteiger partial charge in [0, 0.05) is 48.3 Å². The largest absolute Gasteiger partial charge is 0.326 e. The van der Waals surface area contributed by atoms with E-state index in [9.17, 15) is 9.59 Å². The Hall–Kier alpha value is -1.24. The Balaban J connectivity index is 0.00000176. The smallest absolute Gasteiger partial charge is 0.225 e. The highest BCUT2D eigenvalue weighted by molar-refractivity contribution is 7.99. The number of benzene rings is 1. The zero-order chi connectivity index (χ0) is 14.7. The molecule has 1 aromatic rings. The van der Waals surface area contributed by atoms with Crippen LogP contribution in [0.5, 0.6) is 0 Å². The van der Waals surface area contributed by atoms with Gasteiger partial charge in [-0.3, -0.25) is 9.59 Å². The molecule has 2 aliphatic rings. The van der Waals surface area contributed by atoms with Crippen LogP contribution in [0.2, 0.25) is 0 Å². The summed E-state index contributed by atoms with van der Waals surface area (Å²) in [6.07, 6.45) is 1.74. The van der Waals surface area contributed by atoms with Crippen molar-refractivity contribution in [3.63, 3.8) is 0 Å². The monoisotopic (exact) mass is 341 g/mol. The number of hydrogen-bond acceptors (Lipinski definition) is 4. The van der Waals surface area contributed by atoms with E-state index < -0.39 is 0 Å². The van der Waals surface area contributed by atoms with Gasteiger partial charge in [-0.1, -0.05) is 0 Å². The minimum absolute atomic E-state index is 0. The number of thioether (sulfide) groups is 1. The average Bonchev–Trinajstić information content (AvgIpc) is 2.48. The molecule has 7 heteroatoms. The van der Waals surface area contributed by atoms with Gasteiger partial charge >= 0.3 is 0 Å². The van der Waals surface area contributed by atoms with Gasteiger partial charge in [-0.2, -0.15) is 11.8 Å². The summed E-state index contributed by atoms with van der Waals surface area (Å²) in [5.41, 5.74) is 2.74. The van der Waals surface area contributed by atoms with Crippen LogP contribution >= 0.6 is 24.2 Å². The number of aryl methyl sites for hydroxylation is 1. The molecule has 0 spiro atoms. The van der Waals surface area contributed by atoms with E-state index in [0.29, 0.717) is 12.8 Å². The lowest BCUT2D eigenvalue weighted by molar-refractivity contribution is -0.117. The van der Waals surface area contributed by atoms with E-state index >= 15 is 0 Å². The molecule has 1 aromatic carbocycles. The first kappa shape index (κ1) is 17.1. The number of hydrogen-bond donors (Lipinski definition) is 3. The number of rotatable bonds is 3. The van der Waals surface area contributed by atoms with Gasteiger partial charge in [0.05, 0.1) is 0 Å². The SMILES string of the molecule is Cl.O=C(CC1CSCCN1)Nc1ccc2c(c1)CCC(=O)N2. The first-order valence-corrected chi connectivity index (χ1v) is 8.40. The van der Waals surface area contributed by atoms with E-state index in [0.717, 1.165) is 41.4 Å². The number of fused-ring (bicyclic) bond motifs is 1. The lowest BCUT2D eigenvalue weighted by Gasteiger charge is -2.22. The normalized spacial score (nSPS) is 20.4. The second-order valence-electron chi connectivity index (χ2n) is 5.40. The Bertz CT molecular complexity index is 562. The first-order chi connectivity index (χ1) is 10.2. The van der Waals surface area contributed by atoms with Crippen LogP contribution in [0.1, 0.15) is 18.4 Å². The molecule has 0 aliphatic carbocycles. The van der Waals surface area contributed by atoms with Crippen LogP contribution in [0.3, 0.4) is 0 Å². The molecule has 2 amide bonds. The number of amides is 2. The van der Waals surface area contributed by atoms with Crippen molar-refractivity contribution in [2.24, 2.45) is 0 Å². The van der Waals surface area contributed by atoms with Crippen LogP contribution in [0.4, 0.5) is 11.4 Å². The van der Waals surface area contributed by atoms with E-state index in [4.69, 9.17) is 0 Å². The maximum atomic E-state index is 12.1. The van der Waals surface area contributed by atoms with Crippen molar-refractivity contribution >= 4 is 47.4 Å². The fourth-order valence-corrected chi connectivity index (χ4v) is 3.60. The number of carbonyl (C=O) groups excluding carboxylic acids is 2. The minimum atomic E-state index is 0. The molecule has 0 radical (unpaired) electrons. The zero-order valence-corrected chi connectivity index (χ0v) is 13.8. The molecule has 1 saturated heterocycles. The van der Waals surface area contributed by atoms with E-state index in [1.807, 2.05) is 30.0 Å². The molecule has 5 nitrogen and oxygen atoms in total. The van der Waals surface area contributed by atoms with E-state index in [1.54, 1.807) is 0 Å². The van der Waals surface area contributed by atoms with Gasteiger partial charge < -0.3 is 16.0 Å². The second-order valence-corrected chi connectivity index (χ2v) is 6.55. The molecule has 0 aromatic heterocycles. The molecule has 3 rings (SSSR count). The summed E-state index contributed by atoms with van der Waals surface area (Å²) < 4.78 is 0. The summed E-state index contributed by atoms with van der Waals surface area (Å²) >= 11 is 1.89. The van der Waals surface area contributed by atoms with Crippen molar-refractivity contribution in [1.82, 2.24) is 5.32 Å². The predicted octanol–water partition coefficient (Wildman–Crippen LogP) is 2.03. The van der Waals surface area contributed by atoms with Crippen molar-refractivity contribution in [2.75, 3.05) is 28.7 Å². The van der Waals surface area contributed by atoms with Gasteiger partial charge in [-0.15, -0.1) is 12.4 Å². The fourth-order valence-electron chi connectivity index (χ4n) is 2.65. The Morgan fingerprint density at radius 2 is 2.23 bits per heavy atom. The van der Waals surface area contributed by atoms with Gasteiger partial charge in [0.15, 0.2) is 0 Å². The molecule has 2 heterocycles. The summed E-state index contributed by atoms with van der Waals surface area (Å²) in [7, 11) is 0. The number of halogens is 1. The number of carbonyl (C=O) groups is 2. The summed E-state index contributed by atoms with van der Waals surface area (Å²) in [5, 5.41) is 9.15. The van der Waals surface area contributed by atoms with Crippen molar-refractivity contribution in [1.29, 1.82) is 0 Å². The predicted molar refractivity (Wildman–Crippen MR) is 93.0 cm³/mol. The van der Waals surface area contributed by atoms with Crippen LogP contribution in [-0.4, -0.2) is 35.9 Å². The molecule has 0 bridgehead atoms. The summed E-state index contributed by atoms with van der Waals surface area (Å²) in [6, 6.07) is 5.92. The Labute approximate surface area is 140 Å². The lowest BCUT2D eigenvalue weighted by atomic mass is 10.0. The maximum Gasteiger partial charge on any atom is 0.225 e. The van der Waals surface area contributed by atoms with Gasteiger partial charge in [0.1, 0.15) is 0 Å². The molecule has 0 saturated carbocycles. The van der Waals surface area contributed by atoms with E-state index in [1.165, 1.54) is 0 Å². The molecular weight excluding hydrogens is 322 g/mol. The zero-order valence-electron chi connectivity index (χ0n) is 12.2. The summed E-state index contributed by atoms with van der Waals surface area (Å²) in [4.78, 5) is 23.4. The number of anilines is 2. The topological polar surface area (TPSA) is 70.2 Å². The van der Waals surface area contributed by atoms with Gasteiger partial charge in [-0.25, -0.2) is 0 Å². The second kappa shape index (κ2) is 7.85. The third-order valence-corrected chi connectivity index (χ3v) is 4.85. The van der Waals surface area contributed by atoms with Crippen molar-refractivity contribution < 1.29 is 9.59 Å². The van der Waals surface area contributed by atoms with Crippen molar-refractivity contribution in [3.05, 3.63) is 23.8 Å². The van der Waals surface area contributed by atoms with E-state index in [2.05, 4.69) is 16.0 Å². The standard InChI is InChI=1S/C15H19N3O2S.ClH/c19-14-4-1-10-7-11(2-3-13(10)18-14)17-15(20)8-12-9-21-6-5-16-12;/h2-3,7,12,16H,1,4-6,8-9H2,(H,17,20)(H,18,19);1H. The highest BCUT2D eigenvalue weighted by Crippen LogP contribution is 2.25. The van der Waals surface area contributed by atoms with Crippen LogP contribution < -0.4 is 16.0 Å². The average molecular weight is 342 g/mol. The molecule has 1 unspecified atom stereocenters. The molecule has 1 atom stereocenters. The first-order valence-electron chi connectivity index (χ1n) is 7.24. The van der Waals surface area contributed by atoms with Crippen LogP contribution in [0, 0.1) is 0 Å². The van der Waals surface area contributed by atoms with Gasteiger partial charge in [-0.05, 0) is 30.2 Å². The molecule has 22 heavy (non-hydrogen) atoms. The minimum Gasteiger partial charge on any atom is -0.326 e. The molecular formula is C15H20ClN3O2S.